The Bertz CT molecular complexity index is 2090. The number of ketones is 1. The molecule has 1 saturated heterocycles. The number of sulfonamides is 1. The summed E-state index contributed by atoms with van der Waals surface area (Å²) < 4.78 is 98.0. The summed E-state index contributed by atoms with van der Waals surface area (Å²) in [7, 11) is -1.02. The standard InChI is InChI=1S/C41H52F3N3O11S/c1-7-33-30(19-35(49)58-39(3,4)41(42,43)44)37(50)47-22-27(57-36-29-15-12-26(54-5)16-24(29)17-34(45-36)55-6)18-31(47)32(48)21-40(38(51)46-59(52,53)28-13-14-28)20-25(40)11-9-8-10-23(2)56-33/h9,11-12,15-17,23,25,27-28,30-31,33H,7-8,10,13-14,18-22H2,1-6H3,(H,46,51)/b11-9-/t23-,25-,27-,30+,31+,33+,40-/m1/s1. The number of ether oxygens (including phenoxy) is 5. The van der Waals surface area contributed by atoms with Gasteiger partial charge in [0.1, 0.15) is 11.9 Å². The number of hydrogen-bond acceptors (Lipinski definition) is 12. The van der Waals surface area contributed by atoms with Crippen LogP contribution in [0.3, 0.4) is 0 Å². The molecule has 18 heteroatoms. The van der Waals surface area contributed by atoms with Gasteiger partial charge in [0.05, 0.1) is 62.0 Å². The van der Waals surface area contributed by atoms with Gasteiger partial charge in [-0.3, -0.25) is 23.9 Å². The van der Waals surface area contributed by atoms with Crippen molar-refractivity contribution in [3.8, 4) is 17.5 Å². The molecule has 324 valence electrons. The Balaban J connectivity index is 1.38. The molecule has 6 rings (SSSR count). The summed E-state index contributed by atoms with van der Waals surface area (Å²) >= 11 is 0. The third-order valence-electron chi connectivity index (χ3n) is 11.8. The van der Waals surface area contributed by atoms with Crippen LogP contribution in [0.4, 0.5) is 13.2 Å². The minimum Gasteiger partial charge on any atom is -0.497 e. The van der Waals surface area contributed by atoms with Crippen molar-refractivity contribution in [2.45, 2.75) is 127 Å². The number of methoxy groups -OCH3 is 2. The molecule has 7 atom stereocenters. The SMILES string of the molecule is CC[C@@H]1O[C@H](C)CC/C=C\[C@@H]2C[C@@]2(C(=O)NS(=O)(=O)C2CC2)CC(=O)[C@@H]2C[C@@H](Oc3nc(OC)cc4cc(OC)ccc34)CN2C(=O)[C@H]1CC(=O)OC(C)(C)C(F)(F)F. The Hall–Kier alpha value is -4.45. The van der Waals surface area contributed by atoms with E-state index >= 15 is 0 Å². The molecule has 2 amide bonds. The fourth-order valence-corrected chi connectivity index (χ4v) is 9.32. The van der Waals surface area contributed by atoms with Gasteiger partial charge in [-0.1, -0.05) is 19.1 Å². The van der Waals surface area contributed by atoms with E-state index < -0.39 is 105 Å². The monoisotopic (exact) mass is 851 g/mol. The number of nitrogens with zero attached hydrogens (tertiary/aromatic N) is 2. The molecule has 1 N–H and O–H groups in total. The van der Waals surface area contributed by atoms with Gasteiger partial charge in [-0.25, -0.2) is 8.42 Å². The first kappa shape index (κ1) is 44.1. The van der Waals surface area contributed by atoms with Crippen molar-refractivity contribution >= 4 is 44.4 Å². The fourth-order valence-electron chi connectivity index (χ4n) is 7.93. The summed E-state index contributed by atoms with van der Waals surface area (Å²) in [6.07, 6.45) is -2.77. The zero-order valence-corrected chi connectivity index (χ0v) is 34.8. The molecule has 0 bridgehead atoms. The Morgan fingerprint density at radius 1 is 1.08 bits per heavy atom. The van der Waals surface area contributed by atoms with Crippen LogP contribution in [0.5, 0.6) is 17.5 Å². The van der Waals surface area contributed by atoms with E-state index in [4.69, 9.17) is 23.7 Å². The van der Waals surface area contributed by atoms with Crippen LogP contribution in [0.1, 0.15) is 85.5 Å². The molecule has 2 aromatic rings. The maximum atomic E-state index is 14.9. The number of amides is 2. The second kappa shape index (κ2) is 16.9. The molecule has 59 heavy (non-hydrogen) atoms. The minimum absolute atomic E-state index is 0.0913. The van der Waals surface area contributed by atoms with E-state index in [9.17, 15) is 40.8 Å². The van der Waals surface area contributed by atoms with Gasteiger partial charge in [-0.2, -0.15) is 18.2 Å². The molecule has 1 aromatic carbocycles. The lowest BCUT2D eigenvalue weighted by Crippen LogP contribution is -2.50. The maximum Gasteiger partial charge on any atom is 0.427 e. The predicted octanol–water partition coefficient (Wildman–Crippen LogP) is 5.60. The lowest BCUT2D eigenvalue weighted by atomic mass is 9.90. The largest absolute Gasteiger partial charge is 0.497 e. The number of allylic oxidation sites excluding steroid dienone is 2. The summed E-state index contributed by atoms with van der Waals surface area (Å²) in [4.78, 5) is 62.5. The van der Waals surface area contributed by atoms with E-state index in [1.165, 1.54) is 19.1 Å². The second-order valence-corrected chi connectivity index (χ2v) is 18.5. The Morgan fingerprint density at radius 3 is 2.46 bits per heavy atom. The molecule has 0 radical (unpaired) electrons. The van der Waals surface area contributed by atoms with Gasteiger partial charge in [0, 0.05) is 24.3 Å². The molecule has 3 fully saturated rings. The normalized spacial score (nSPS) is 28.7. The number of esters is 1. The average Bonchev–Trinajstić information content (AvgIpc) is 4.10. The topological polar surface area (TPSA) is 177 Å². The number of Topliss-reactive ketones (excluding diaryl/α,β-unsaturated/α-hetero) is 1. The van der Waals surface area contributed by atoms with Crippen LogP contribution in [0.15, 0.2) is 36.4 Å². The third-order valence-corrected chi connectivity index (χ3v) is 13.6. The van der Waals surface area contributed by atoms with E-state index in [0.29, 0.717) is 56.1 Å². The number of carbonyl (C=O) groups excluding carboxylic acids is 4. The van der Waals surface area contributed by atoms with Crippen LogP contribution in [0, 0.1) is 17.3 Å². The highest BCUT2D eigenvalue weighted by molar-refractivity contribution is 7.90. The number of alkyl halides is 3. The number of halogens is 3. The van der Waals surface area contributed by atoms with Crippen molar-refractivity contribution in [3.63, 3.8) is 0 Å². The van der Waals surface area contributed by atoms with Crippen molar-refractivity contribution in [2.75, 3.05) is 20.8 Å². The number of benzene rings is 1. The minimum atomic E-state index is -4.90. The van der Waals surface area contributed by atoms with Crippen LogP contribution < -0.4 is 18.9 Å². The molecular weight excluding hydrogens is 800 g/mol. The molecule has 3 heterocycles. The predicted molar refractivity (Wildman–Crippen MR) is 207 cm³/mol. The molecular formula is C41H52F3N3O11S. The lowest BCUT2D eigenvalue weighted by molar-refractivity contribution is -0.258. The molecule has 2 aliphatic carbocycles. The molecule has 0 spiro atoms. The Kier molecular flexibility index (Phi) is 12.6. The van der Waals surface area contributed by atoms with Gasteiger partial charge >= 0.3 is 12.1 Å². The second-order valence-electron chi connectivity index (χ2n) is 16.5. The van der Waals surface area contributed by atoms with Crippen LogP contribution in [-0.4, -0.2) is 104 Å². The quantitative estimate of drug-likeness (QED) is 0.219. The molecule has 1 aromatic heterocycles. The van der Waals surface area contributed by atoms with Crippen molar-refractivity contribution in [3.05, 3.63) is 36.4 Å². The van der Waals surface area contributed by atoms with E-state index in [1.807, 2.05) is 6.08 Å². The number of fused-ring (bicyclic) bond motifs is 3. The number of carbonyl (C=O) groups is 4. The summed E-state index contributed by atoms with van der Waals surface area (Å²) in [6.45, 7) is 4.70. The molecule has 4 aliphatic rings. The van der Waals surface area contributed by atoms with Crippen LogP contribution >= 0.6 is 0 Å². The maximum absolute atomic E-state index is 14.9. The number of hydrogen-bond donors (Lipinski definition) is 1. The molecule has 14 nitrogen and oxygen atoms in total. The summed E-state index contributed by atoms with van der Waals surface area (Å²) in [5.41, 5.74) is -4.27. The van der Waals surface area contributed by atoms with Crippen LogP contribution in [0.2, 0.25) is 0 Å². The first-order chi connectivity index (χ1) is 27.7. The van der Waals surface area contributed by atoms with E-state index in [-0.39, 0.29) is 37.6 Å². The highest BCUT2D eigenvalue weighted by Crippen LogP contribution is 2.57. The number of pyridine rings is 1. The van der Waals surface area contributed by atoms with Crippen molar-refractivity contribution < 1.29 is 64.5 Å². The smallest absolute Gasteiger partial charge is 0.427 e. The lowest BCUT2D eigenvalue weighted by Gasteiger charge is -2.34. The first-order valence-electron chi connectivity index (χ1n) is 19.9. The number of nitrogens with one attached hydrogen (secondary N) is 1. The zero-order chi connectivity index (χ0) is 43.1. The number of rotatable bonds is 11. The van der Waals surface area contributed by atoms with Gasteiger partial charge < -0.3 is 28.6 Å². The number of aromatic nitrogens is 1. The van der Waals surface area contributed by atoms with Crippen molar-refractivity contribution in [2.24, 2.45) is 17.3 Å². The summed E-state index contributed by atoms with van der Waals surface area (Å²) in [5, 5.41) is 0.538. The van der Waals surface area contributed by atoms with Crippen LogP contribution in [-0.2, 0) is 38.7 Å². The average molecular weight is 852 g/mol. The third kappa shape index (κ3) is 9.63. The van der Waals surface area contributed by atoms with E-state index in [1.54, 1.807) is 44.2 Å². The van der Waals surface area contributed by atoms with E-state index in [0.717, 1.165) is 0 Å². The van der Waals surface area contributed by atoms with Gasteiger partial charge in [-0.05, 0) is 88.8 Å². The van der Waals surface area contributed by atoms with E-state index in [2.05, 4.69) is 9.71 Å². The molecule has 0 unspecified atom stereocenters. The van der Waals surface area contributed by atoms with Gasteiger partial charge in [0.2, 0.25) is 39.2 Å². The highest BCUT2D eigenvalue weighted by atomic mass is 32.2. The van der Waals surface area contributed by atoms with Crippen molar-refractivity contribution in [1.29, 1.82) is 0 Å². The van der Waals surface area contributed by atoms with Gasteiger partial charge in [0.15, 0.2) is 5.78 Å². The van der Waals surface area contributed by atoms with Gasteiger partial charge in [0.25, 0.3) is 0 Å². The molecule has 2 saturated carbocycles. The fraction of sp³-hybridized carbons (Fsp3) is 0.634. The Labute approximate surface area is 341 Å². The first-order valence-corrected chi connectivity index (χ1v) is 21.5. The van der Waals surface area contributed by atoms with Gasteiger partial charge in [-0.15, -0.1) is 0 Å². The Morgan fingerprint density at radius 2 is 1.81 bits per heavy atom. The summed E-state index contributed by atoms with van der Waals surface area (Å²) in [5.74, 6) is -4.34. The molecule has 2 aliphatic heterocycles. The van der Waals surface area contributed by atoms with Crippen LogP contribution in [0.25, 0.3) is 10.8 Å². The highest BCUT2D eigenvalue weighted by Gasteiger charge is 2.62. The zero-order valence-electron chi connectivity index (χ0n) is 34.0. The summed E-state index contributed by atoms with van der Waals surface area (Å²) in [6, 6.07) is 5.62. The van der Waals surface area contributed by atoms with Crippen molar-refractivity contribution in [1.82, 2.24) is 14.6 Å².